The fourth-order valence-corrected chi connectivity index (χ4v) is 3.41. The van der Waals surface area contributed by atoms with Gasteiger partial charge in [0.05, 0.1) is 0 Å². The van der Waals surface area contributed by atoms with Crippen LogP contribution in [0, 0.1) is 5.92 Å². The predicted octanol–water partition coefficient (Wildman–Crippen LogP) is 3.22. The van der Waals surface area contributed by atoms with E-state index in [2.05, 4.69) is 19.1 Å². The maximum absolute atomic E-state index is 9.12. The summed E-state index contributed by atoms with van der Waals surface area (Å²) >= 11 is 0. The second kappa shape index (κ2) is 7.85. The van der Waals surface area contributed by atoms with E-state index < -0.39 is 7.12 Å². The molecule has 1 aliphatic rings. The van der Waals surface area contributed by atoms with Gasteiger partial charge in [-0.1, -0.05) is 56.9 Å². The second-order valence-electron chi connectivity index (χ2n) is 6.25. The lowest BCUT2D eigenvalue weighted by Gasteiger charge is -2.29. The first-order valence-corrected chi connectivity index (χ1v) is 8.16. The van der Waals surface area contributed by atoms with Crippen molar-refractivity contribution in [1.29, 1.82) is 0 Å². The van der Waals surface area contributed by atoms with Gasteiger partial charge in [0, 0.05) is 0 Å². The molecule has 1 aromatic rings. The van der Waals surface area contributed by atoms with Crippen LogP contribution in [0.25, 0.3) is 0 Å². The smallest absolute Gasteiger partial charge is 0.423 e. The van der Waals surface area contributed by atoms with E-state index in [1.807, 2.05) is 12.1 Å². The fourth-order valence-electron chi connectivity index (χ4n) is 3.41. The molecule has 110 valence electrons. The van der Waals surface area contributed by atoms with Crippen LogP contribution in [0.5, 0.6) is 0 Å². The van der Waals surface area contributed by atoms with E-state index in [9.17, 15) is 0 Å². The SMILES string of the molecule is CCCCCC1CCC(c2ccc(B(O)O)cc2)CC1. The average Bonchev–Trinajstić information content (AvgIpc) is 2.48. The Hall–Kier alpha value is -0.795. The Kier molecular flexibility index (Phi) is 6.12. The molecule has 2 rings (SSSR count). The lowest BCUT2D eigenvalue weighted by Crippen LogP contribution is -2.29. The quantitative estimate of drug-likeness (QED) is 0.617. The summed E-state index contributed by atoms with van der Waals surface area (Å²) in [5.41, 5.74) is 1.95. The van der Waals surface area contributed by atoms with Gasteiger partial charge in [0.1, 0.15) is 0 Å². The van der Waals surface area contributed by atoms with Crippen LogP contribution in [-0.4, -0.2) is 17.2 Å². The summed E-state index contributed by atoms with van der Waals surface area (Å²) in [5.74, 6) is 1.61. The van der Waals surface area contributed by atoms with E-state index in [4.69, 9.17) is 10.0 Å². The van der Waals surface area contributed by atoms with Gasteiger partial charge in [0.25, 0.3) is 0 Å². The summed E-state index contributed by atoms with van der Waals surface area (Å²) in [5, 5.41) is 18.2. The van der Waals surface area contributed by atoms with E-state index in [1.165, 1.54) is 56.9 Å². The third-order valence-corrected chi connectivity index (χ3v) is 4.77. The Morgan fingerprint density at radius 2 is 1.65 bits per heavy atom. The second-order valence-corrected chi connectivity index (χ2v) is 6.25. The lowest BCUT2D eigenvalue weighted by atomic mass is 9.75. The first-order chi connectivity index (χ1) is 9.70. The van der Waals surface area contributed by atoms with Gasteiger partial charge < -0.3 is 10.0 Å². The zero-order chi connectivity index (χ0) is 14.4. The minimum atomic E-state index is -1.35. The summed E-state index contributed by atoms with van der Waals surface area (Å²) in [6, 6.07) is 7.81. The van der Waals surface area contributed by atoms with Crippen molar-refractivity contribution in [2.24, 2.45) is 5.92 Å². The number of unbranched alkanes of at least 4 members (excludes halogenated alkanes) is 2. The molecule has 0 bridgehead atoms. The molecule has 0 spiro atoms. The highest BCUT2D eigenvalue weighted by atomic mass is 16.4. The van der Waals surface area contributed by atoms with Gasteiger partial charge in [-0.05, 0) is 48.5 Å². The van der Waals surface area contributed by atoms with E-state index in [-0.39, 0.29) is 0 Å². The molecule has 0 aromatic heterocycles. The summed E-state index contributed by atoms with van der Waals surface area (Å²) in [6.45, 7) is 2.27. The molecule has 3 heteroatoms. The van der Waals surface area contributed by atoms with Crippen LogP contribution >= 0.6 is 0 Å². The Balaban J connectivity index is 1.81. The lowest BCUT2D eigenvalue weighted by molar-refractivity contribution is 0.303. The van der Waals surface area contributed by atoms with Crippen molar-refractivity contribution < 1.29 is 10.0 Å². The number of hydrogen-bond donors (Lipinski definition) is 2. The molecule has 0 unspecified atom stereocenters. The minimum Gasteiger partial charge on any atom is -0.423 e. The Labute approximate surface area is 123 Å². The molecule has 1 saturated carbocycles. The van der Waals surface area contributed by atoms with E-state index in [1.54, 1.807) is 0 Å². The molecular formula is C17H27BO2. The van der Waals surface area contributed by atoms with Crippen LogP contribution in [0.4, 0.5) is 0 Å². The molecular weight excluding hydrogens is 247 g/mol. The van der Waals surface area contributed by atoms with Gasteiger partial charge >= 0.3 is 7.12 Å². The van der Waals surface area contributed by atoms with Crippen molar-refractivity contribution in [3.8, 4) is 0 Å². The molecule has 1 aromatic carbocycles. The standard InChI is InChI=1S/C17H27BO2/c1-2-3-4-5-14-6-8-15(9-7-14)16-10-12-17(13-11-16)18(19)20/h10-15,19-20H,2-9H2,1H3. The summed E-state index contributed by atoms with van der Waals surface area (Å²) in [4.78, 5) is 0. The van der Waals surface area contributed by atoms with Crippen LogP contribution in [0.2, 0.25) is 0 Å². The predicted molar refractivity (Wildman–Crippen MR) is 85.1 cm³/mol. The summed E-state index contributed by atoms with van der Waals surface area (Å²) in [7, 11) is -1.35. The third-order valence-electron chi connectivity index (χ3n) is 4.77. The molecule has 0 amide bonds. The van der Waals surface area contributed by atoms with Crippen molar-refractivity contribution in [1.82, 2.24) is 0 Å². The maximum Gasteiger partial charge on any atom is 0.488 e. The normalized spacial score (nSPS) is 22.8. The van der Waals surface area contributed by atoms with Crippen molar-refractivity contribution in [3.05, 3.63) is 29.8 Å². The van der Waals surface area contributed by atoms with Gasteiger partial charge in [0.15, 0.2) is 0 Å². The molecule has 1 fully saturated rings. The zero-order valence-corrected chi connectivity index (χ0v) is 12.6. The topological polar surface area (TPSA) is 40.5 Å². The van der Waals surface area contributed by atoms with Crippen LogP contribution in [0.15, 0.2) is 24.3 Å². The van der Waals surface area contributed by atoms with Gasteiger partial charge in [-0.3, -0.25) is 0 Å². The Morgan fingerprint density at radius 1 is 1.00 bits per heavy atom. The highest BCUT2D eigenvalue weighted by Crippen LogP contribution is 2.37. The minimum absolute atomic E-state index is 0.585. The van der Waals surface area contributed by atoms with Gasteiger partial charge in [0.2, 0.25) is 0 Å². The van der Waals surface area contributed by atoms with Crippen LogP contribution in [-0.2, 0) is 0 Å². The molecule has 2 nitrogen and oxygen atoms in total. The highest BCUT2D eigenvalue weighted by molar-refractivity contribution is 6.58. The fraction of sp³-hybridized carbons (Fsp3) is 0.647. The zero-order valence-electron chi connectivity index (χ0n) is 12.6. The molecule has 0 saturated heterocycles. The van der Waals surface area contributed by atoms with Crippen LogP contribution in [0.1, 0.15) is 69.8 Å². The van der Waals surface area contributed by atoms with Gasteiger partial charge in [-0.25, -0.2) is 0 Å². The summed E-state index contributed by atoms with van der Waals surface area (Å²) in [6.07, 6.45) is 10.8. The molecule has 20 heavy (non-hydrogen) atoms. The van der Waals surface area contributed by atoms with E-state index in [0.29, 0.717) is 11.4 Å². The van der Waals surface area contributed by atoms with Crippen molar-refractivity contribution >= 4 is 12.6 Å². The largest absolute Gasteiger partial charge is 0.488 e. The van der Waals surface area contributed by atoms with Crippen molar-refractivity contribution in [2.75, 3.05) is 0 Å². The van der Waals surface area contributed by atoms with Crippen molar-refractivity contribution in [2.45, 2.75) is 64.2 Å². The monoisotopic (exact) mass is 274 g/mol. The first-order valence-electron chi connectivity index (χ1n) is 8.16. The maximum atomic E-state index is 9.12. The number of hydrogen-bond acceptors (Lipinski definition) is 2. The molecule has 1 aliphatic carbocycles. The Morgan fingerprint density at radius 3 is 2.20 bits per heavy atom. The molecule has 0 heterocycles. The highest BCUT2D eigenvalue weighted by Gasteiger charge is 2.22. The third kappa shape index (κ3) is 4.36. The Bertz CT molecular complexity index is 380. The average molecular weight is 274 g/mol. The van der Waals surface area contributed by atoms with E-state index >= 15 is 0 Å². The van der Waals surface area contributed by atoms with Crippen LogP contribution < -0.4 is 5.46 Å². The van der Waals surface area contributed by atoms with Gasteiger partial charge in [-0.15, -0.1) is 0 Å². The molecule has 0 atom stereocenters. The summed E-state index contributed by atoms with van der Waals surface area (Å²) < 4.78 is 0. The number of benzene rings is 1. The van der Waals surface area contributed by atoms with E-state index in [0.717, 1.165) is 5.92 Å². The number of rotatable bonds is 6. The van der Waals surface area contributed by atoms with Gasteiger partial charge in [-0.2, -0.15) is 0 Å². The molecule has 0 aliphatic heterocycles. The van der Waals surface area contributed by atoms with Crippen molar-refractivity contribution in [3.63, 3.8) is 0 Å². The first kappa shape index (κ1) is 15.6. The van der Waals surface area contributed by atoms with Crippen LogP contribution in [0.3, 0.4) is 0 Å². The molecule has 0 radical (unpaired) electrons. The molecule has 2 N–H and O–H groups in total.